The van der Waals surface area contributed by atoms with Crippen molar-refractivity contribution < 1.29 is 19.8 Å². The fourth-order valence-corrected chi connectivity index (χ4v) is 1.53. The van der Waals surface area contributed by atoms with Gasteiger partial charge in [0.25, 0.3) is 0 Å². The van der Waals surface area contributed by atoms with Crippen molar-refractivity contribution in [1.82, 2.24) is 9.80 Å². The van der Waals surface area contributed by atoms with Crippen molar-refractivity contribution in [2.75, 3.05) is 19.6 Å². The molecule has 0 aromatic carbocycles. The highest BCUT2D eigenvalue weighted by atomic mass is 16.4. The Morgan fingerprint density at radius 3 is 2.29 bits per heavy atom. The topological polar surface area (TPSA) is 81.1 Å². The van der Waals surface area contributed by atoms with E-state index < -0.39 is 12.2 Å². The van der Waals surface area contributed by atoms with Crippen molar-refractivity contribution in [2.24, 2.45) is 0 Å². The van der Waals surface area contributed by atoms with Crippen LogP contribution in [0, 0.1) is 0 Å². The van der Waals surface area contributed by atoms with Crippen LogP contribution in [0.25, 0.3) is 0 Å². The molecule has 2 N–H and O–H groups in total. The minimum absolute atomic E-state index is 0.114. The number of hydrogen-bond acceptors (Lipinski definition) is 2. The summed E-state index contributed by atoms with van der Waals surface area (Å²) < 4.78 is 0. The van der Waals surface area contributed by atoms with Crippen molar-refractivity contribution >= 4 is 12.2 Å². The molecule has 6 heteroatoms. The smallest absolute Gasteiger partial charge is 0.407 e. The summed E-state index contributed by atoms with van der Waals surface area (Å²) in [5, 5.41) is 17.6. The molecule has 0 aromatic heterocycles. The van der Waals surface area contributed by atoms with Crippen LogP contribution in [0.1, 0.15) is 13.3 Å². The molecule has 1 atom stereocenters. The van der Waals surface area contributed by atoms with Crippen LogP contribution >= 0.6 is 0 Å². The maximum absolute atomic E-state index is 10.8. The number of hydrogen-bond donors (Lipinski definition) is 2. The molecule has 80 valence electrons. The van der Waals surface area contributed by atoms with Gasteiger partial charge in [-0.2, -0.15) is 0 Å². The lowest BCUT2D eigenvalue weighted by atomic mass is 10.2. The third-order valence-electron chi connectivity index (χ3n) is 2.48. The highest BCUT2D eigenvalue weighted by Gasteiger charge is 2.25. The van der Waals surface area contributed by atoms with E-state index in [0.29, 0.717) is 13.0 Å². The molecule has 0 bridgehead atoms. The first kappa shape index (κ1) is 10.6. The summed E-state index contributed by atoms with van der Waals surface area (Å²) in [7, 11) is 0. The minimum atomic E-state index is -0.982. The standard InChI is InChI=1S/C8H14N2O4/c1-6-2-3-9(7(11)12)4-5-10(6)8(13)14/h6H,2-5H2,1H3,(H,11,12)(H,13,14). The second kappa shape index (κ2) is 4.17. The monoisotopic (exact) mass is 202 g/mol. The summed E-state index contributed by atoms with van der Waals surface area (Å²) in [5.41, 5.74) is 0. The zero-order chi connectivity index (χ0) is 10.7. The Labute approximate surface area is 81.7 Å². The third kappa shape index (κ3) is 2.27. The third-order valence-corrected chi connectivity index (χ3v) is 2.48. The summed E-state index contributed by atoms with van der Waals surface area (Å²) in [6, 6.07) is -0.114. The van der Waals surface area contributed by atoms with Gasteiger partial charge >= 0.3 is 12.2 Å². The molecule has 0 aliphatic carbocycles. The van der Waals surface area contributed by atoms with Crippen molar-refractivity contribution in [3.63, 3.8) is 0 Å². The number of rotatable bonds is 0. The van der Waals surface area contributed by atoms with Crippen molar-refractivity contribution in [3.8, 4) is 0 Å². The second-order valence-corrected chi connectivity index (χ2v) is 3.38. The number of nitrogens with zero attached hydrogens (tertiary/aromatic N) is 2. The Morgan fingerprint density at radius 2 is 1.79 bits per heavy atom. The predicted molar refractivity (Wildman–Crippen MR) is 48.4 cm³/mol. The molecular weight excluding hydrogens is 188 g/mol. The van der Waals surface area contributed by atoms with Crippen LogP contribution in [0.4, 0.5) is 9.59 Å². The lowest BCUT2D eigenvalue weighted by Crippen LogP contribution is -2.39. The summed E-state index contributed by atoms with van der Waals surface area (Å²) >= 11 is 0. The maximum Gasteiger partial charge on any atom is 0.407 e. The molecule has 0 radical (unpaired) electrons. The molecule has 1 aliphatic heterocycles. The van der Waals surface area contributed by atoms with E-state index in [-0.39, 0.29) is 19.1 Å². The van der Waals surface area contributed by atoms with E-state index in [4.69, 9.17) is 10.2 Å². The van der Waals surface area contributed by atoms with E-state index in [1.807, 2.05) is 0 Å². The van der Waals surface area contributed by atoms with Gasteiger partial charge in [-0.15, -0.1) is 0 Å². The van der Waals surface area contributed by atoms with Crippen molar-refractivity contribution in [1.29, 1.82) is 0 Å². The fourth-order valence-electron chi connectivity index (χ4n) is 1.53. The summed E-state index contributed by atoms with van der Waals surface area (Å²) in [5.74, 6) is 0. The zero-order valence-electron chi connectivity index (χ0n) is 8.01. The molecular formula is C8H14N2O4. The lowest BCUT2D eigenvalue weighted by molar-refractivity contribution is 0.127. The SMILES string of the molecule is CC1CCN(C(=O)O)CCN1C(=O)O. The first-order valence-corrected chi connectivity index (χ1v) is 4.50. The Hall–Kier alpha value is -1.46. The Kier molecular flexibility index (Phi) is 3.16. The van der Waals surface area contributed by atoms with Gasteiger partial charge in [0.2, 0.25) is 0 Å². The Bertz CT molecular complexity index is 243. The molecule has 0 aromatic rings. The van der Waals surface area contributed by atoms with Gasteiger partial charge in [-0.1, -0.05) is 0 Å². The number of amides is 2. The van der Waals surface area contributed by atoms with Crippen LogP contribution in [0.3, 0.4) is 0 Å². The van der Waals surface area contributed by atoms with Crippen molar-refractivity contribution in [2.45, 2.75) is 19.4 Å². The lowest BCUT2D eigenvalue weighted by Gasteiger charge is -2.22. The molecule has 2 amide bonds. The first-order chi connectivity index (χ1) is 6.52. The van der Waals surface area contributed by atoms with Gasteiger partial charge in [-0.25, -0.2) is 9.59 Å². The van der Waals surface area contributed by atoms with Gasteiger partial charge in [0.15, 0.2) is 0 Å². The molecule has 6 nitrogen and oxygen atoms in total. The maximum atomic E-state index is 10.8. The van der Waals surface area contributed by atoms with E-state index in [9.17, 15) is 9.59 Å². The van der Waals surface area contributed by atoms with E-state index in [2.05, 4.69) is 0 Å². The average Bonchev–Trinajstić information content (AvgIpc) is 2.26. The van der Waals surface area contributed by atoms with Gasteiger partial charge in [-0.3, -0.25) is 0 Å². The number of carbonyl (C=O) groups is 2. The molecule has 1 rings (SSSR count). The van der Waals surface area contributed by atoms with Crippen LogP contribution < -0.4 is 0 Å². The van der Waals surface area contributed by atoms with E-state index >= 15 is 0 Å². The Morgan fingerprint density at radius 1 is 1.14 bits per heavy atom. The first-order valence-electron chi connectivity index (χ1n) is 4.50. The molecule has 1 heterocycles. The fraction of sp³-hybridized carbons (Fsp3) is 0.750. The molecule has 0 spiro atoms. The van der Waals surface area contributed by atoms with Crippen LogP contribution in [0.15, 0.2) is 0 Å². The quantitative estimate of drug-likeness (QED) is 0.607. The van der Waals surface area contributed by atoms with Gasteiger partial charge in [0.05, 0.1) is 0 Å². The largest absolute Gasteiger partial charge is 0.465 e. The highest BCUT2D eigenvalue weighted by Crippen LogP contribution is 2.10. The summed E-state index contributed by atoms with van der Waals surface area (Å²) in [6.07, 6.45) is -1.41. The molecule has 1 saturated heterocycles. The normalized spacial score (nSPS) is 23.1. The van der Waals surface area contributed by atoms with Crippen LogP contribution in [0.2, 0.25) is 0 Å². The minimum Gasteiger partial charge on any atom is -0.465 e. The summed E-state index contributed by atoms with van der Waals surface area (Å²) in [6.45, 7) is 2.70. The number of carboxylic acid groups (broad SMARTS) is 2. The van der Waals surface area contributed by atoms with Crippen LogP contribution in [-0.2, 0) is 0 Å². The van der Waals surface area contributed by atoms with Gasteiger partial charge in [0, 0.05) is 25.7 Å². The molecule has 1 fully saturated rings. The van der Waals surface area contributed by atoms with E-state index in [1.165, 1.54) is 9.80 Å². The van der Waals surface area contributed by atoms with E-state index in [1.54, 1.807) is 6.92 Å². The average molecular weight is 202 g/mol. The second-order valence-electron chi connectivity index (χ2n) is 3.38. The summed E-state index contributed by atoms with van der Waals surface area (Å²) in [4.78, 5) is 23.9. The molecule has 1 unspecified atom stereocenters. The van der Waals surface area contributed by atoms with Crippen molar-refractivity contribution in [3.05, 3.63) is 0 Å². The van der Waals surface area contributed by atoms with Gasteiger partial charge in [0.1, 0.15) is 0 Å². The predicted octanol–water partition coefficient (Wildman–Crippen LogP) is 0.739. The van der Waals surface area contributed by atoms with Gasteiger partial charge in [-0.05, 0) is 13.3 Å². The highest BCUT2D eigenvalue weighted by molar-refractivity contribution is 5.67. The van der Waals surface area contributed by atoms with Gasteiger partial charge < -0.3 is 20.0 Å². The van der Waals surface area contributed by atoms with E-state index in [0.717, 1.165) is 0 Å². The molecule has 1 aliphatic rings. The molecule has 14 heavy (non-hydrogen) atoms. The molecule has 0 saturated carbocycles. The Balaban J connectivity index is 2.62. The van der Waals surface area contributed by atoms with Crippen LogP contribution in [0.5, 0.6) is 0 Å². The zero-order valence-corrected chi connectivity index (χ0v) is 8.01. The van der Waals surface area contributed by atoms with Crippen LogP contribution in [-0.4, -0.2) is 57.9 Å².